The molecule has 0 unspecified atom stereocenters. The Kier molecular flexibility index (Phi) is 2.17. The molecule has 29 heavy (non-hydrogen) atoms. The fourth-order valence-electron chi connectivity index (χ4n) is 3.96. The number of piperazine rings is 1. The highest BCUT2D eigenvalue weighted by atomic mass is 16.7. The van der Waals surface area contributed by atoms with E-state index >= 15 is 0 Å². The molecule has 7 nitrogen and oxygen atoms in total. The molecule has 1 aromatic heterocycles. The van der Waals surface area contributed by atoms with E-state index < -0.39 is 43.5 Å². The third kappa shape index (κ3) is 2.24. The first-order valence-corrected chi connectivity index (χ1v) is 8.97. The minimum Gasteiger partial charge on any atom is -0.454 e. The smallest absolute Gasteiger partial charge is 0.245 e. The van der Waals surface area contributed by atoms with Crippen LogP contribution in [0.1, 0.15) is 32.4 Å². The standard InChI is InChI=1S/C22H19N3O4/c1-24-10-19(26)25-16(22(24)27)9-14-13-4-2-3-5-15(13)23-20(14)21(25)12-6-7-17-18(8-12)29-11-28-17/h2-8,16,21,23H,9-11H2,1H3/t16-,21-/m1/s1/i9D2,10D2,11D2,21D. The number of aromatic nitrogens is 1. The van der Waals surface area contributed by atoms with Gasteiger partial charge >= 0.3 is 0 Å². The molecular weight excluding hydrogens is 370 g/mol. The van der Waals surface area contributed by atoms with Crippen LogP contribution in [0.5, 0.6) is 11.5 Å². The van der Waals surface area contributed by atoms with Gasteiger partial charge in [-0.05, 0) is 29.3 Å². The summed E-state index contributed by atoms with van der Waals surface area (Å²) in [6.07, 6.45) is -2.48. The van der Waals surface area contributed by atoms with Crippen LogP contribution in [0, 0.1) is 0 Å². The van der Waals surface area contributed by atoms with E-state index in [0.29, 0.717) is 20.7 Å². The maximum atomic E-state index is 13.6. The molecule has 2 atom stereocenters. The van der Waals surface area contributed by atoms with Crippen molar-refractivity contribution in [3.05, 3.63) is 59.3 Å². The predicted octanol–water partition coefficient (Wildman–Crippen LogP) is 2.21. The number of amides is 2. The van der Waals surface area contributed by atoms with E-state index in [4.69, 9.17) is 17.7 Å². The molecule has 4 heterocycles. The molecule has 2 aromatic carbocycles. The van der Waals surface area contributed by atoms with E-state index in [1.165, 1.54) is 18.2 Å². The molecule has 3 aliphatic rings. The topological polar surface area (TPSA) is 74.9 Å². The Morgan fingerprint density at radius 2 is 2.00 bits per heavy atom. The van der Waals surface area contributed by atoms with Crippen molar-refractivity contribution >= 4 is 22.7 Å². The van der Waals surface area contributed by atoms with Crippen molar-refractivity contribution in [1.29, 1.82) is 0 Å². The van der Waals surface area contributed by atoms with Crippen molar-refractivity contribution in [2.45, 2.75) is 18.4 Å². The Hall–Kier alpha value is -3.48. The number of fused-ring (bicyclic) bond motifs is 5. The summed E-state index contributed by atoms with van der Waals surface area (Å²) in [6, 6.07) is 6.58. The van der Waals surface area contributed by atoms with Crippen molar-refractivity contribution in [2.75, 3.05) is 20.3 Å². The molecule has 0 spiro atoms. The normalized spacial score (nSPS) is 34.1. The molecular formula is C22H19N3O4. The summed E-state index contributed by atoms with van der Waals surface area (Å²) in [7, 11) is 1.09. The first-order valence-electron chi connectivity index (χ1n) is 12.5. The lowest BCUT2D eigenvalue weighted by Crippen LogP contribution is -2.62. The van der Waals surface area contributed by atoms with Crippen LogP contribution in [0.3, 0.4) is 0 Å². The fraction of sp³-hybridized carbons (Fsp3) is 0.273. The van der Waals surface area contributed by atoms with Crippen LogP contribution in [-0.4, -0.2) is 52.9 Å². The van der Waals surface area contributed by atoms with Crippen molar-refractivity contribution < 1.29 is 28.7 Å². The van der Waals surface area contributed by atoms with E-state index in [0.717, 1.165) is 7.05 Å². The maximum absolute atomic E-state index is 13.6. The van der Waals surface area contributed by atoms with Crippen LogP contribution in [0.15, 0.2) is 42.5 Å². The molecule has 0 aliphatic carbocycles. The highest BCUT2D eigenvalue weighted by molar-refractivity contribution is 5.97. The largest absolute Gasteiger partial charge is 0.454 e. The highest BCUT2D eigenvalue weighted by Crippen LogP contribution is 2.44. The van der Waals surface area contributed by atoms with E-state index in [1.54, 1.807) is 24.3 Å². The molecule has 1 saturated heterocycles. The van der Waals surface area contributed by atoms with Crippen LogP contribution in [0.25, 0.3) is 10.9 Å². The van der Waals surface area contributed by atoms with Gasteiger partial charge in [0.1, 0.15) is 8.78 Å². The van der Waals surface area contributed by atoms with Gasteiger partial charge in [0.05, 0.1) is 16.6 Å². The van der Waals surface area contributed by atoms with Gasteiger partial charge in [-0.3, -0.25) is 9.59 Å². The molecule has 0 saturated carbocycles. The Labute approximate surface area is 176 Å². The van der Waals surface area contributed by atoms with Gasteiger partial charge in [0, 0.05) is 32.8 Å². The summed E-state index contributed by atoms with van der Waals surface area (Å²) in [5, 5.41) is 0.419. The van der Waals surface area contributed by atoms with Gasteiger partial charge in [-0.15, -0.1) is 0 Å². The summed E-state index contributed by atoms with van der Waals surface area (Å²) in [6.45, 7) is -5.29. The molecule has 146 valence electrons. The molecule has 3 aromatic rings. The predicted molar refractivity (Wildman–Crippen MR) is 105 cm³/mol. The van der Waals surface area contributed by atoms with Gasteiger partial charge in [0.15, 0.2) is 11.5 Å². The second-order valence-corrected chi connectivity index (χ2v) is 6.95. The molecule has 1 fully saturated rings. The van der Waals surface area contributed by atoms with Gasteiger partial charge in [-0.2, -0.15) is 0 Å². The number of benzene rings is 2. The SMILES string of the molecule is [2H]C1([2H])Oc2ccc([C@]3([2H])c4[nH]c5ccccc5c4C([2H])([2H])[C@@H]4C(=O)N(C)C([2H])([2H])C(=O)N43)cc2O1. The first-order chi connectivity index (χ1) is 16.7. The Balaban J connectivity index is 1.70. The number of ether oxygens (including phenoxy) is 2. The van der Waals surface area contributed by atoms with Crippen LogP contribution in [0.2, 0.25) is 0 Å². The molecule has 0 radical (unpaired) electrons. The number of hydrogen-bond donors (Lipinski definition) is 1. The summed E-state index contributed by atoms with van der Waals surface area (Å²) in [4.78, 5) is 31.3. The molecule has 3 aliphatic heterocycles. The maximum Gasteiger partial charge on any atom is 0.245 e. The van der Waals surface area contributed by atoms with Gasteiger partial charge in [-0.1, -0.05) is 24.3 Å². The molecule has 1 N–H and O–H groups in total. The lowest BCUT2D eigenvalue weighted by Gasteiger charge is -2.46. The van der Waals surface area contributed by atoms with Crippen LogP contribution in [0.4, 0.5) is 0 Å². The van der Waals surface area contributed by atoms with Gasteiger partial charge < -0.3 is 24.3 Å². The minimum absolute atomic E-state index is 0.0133. The monoisotopic (exact) mass is 396 g/mol. The number of nitrogens with zero attached hydrogens (tertiary/aromatic N) is 2. The average molecular weight is 396 g/mol. The average Bonchev–Trinajstić information content (AvgIpc) is 3.35. The summed E-state index contributed by atoms with van der Waals surface area (Å²) < 4.78 is 70.0. The quantitative estimate of drug-likeness (QED) is 0.684. The van der Waals surface area contributed by atoms with Crippen molar-refractivity contribution in [2.24, 2.45) is 0 Å². The minimum atomic E-state index is -2.84. The summed E-state index contributed by atoms with van der Waals surface area (Å²) >= 11 is 0. The third-order valence-electron chi connectivity index (χ3n) is 5.29. The number of likely N-dealkylation sites (N-methyl/N-ethyl adjacent to an activating group) is 1. The second kappa shape index (κ2) is 5.76. The molecule has 0 bridgehead atoms. The number of carbonyl (C=O) groups excluding carboxylic acids is 2. The Morgan fingerprint density at radius 3 is 2.90 bits per heavy atom. The molecule has 6 rings (SSSR count). The van der Waals surface area contributed by atoms with Crippen LogP contribution in [-0.2, 0) is 16.0 Å². The second-order valence-electron chi connectivity index (χ2n) is 6.95. The van der Waals surface area contributed by atoms with E-state index in [1.807, 2.05) is 0 Å². The number of aromatic amines is 1. The number of H-pyrrole nitrogens is 1. The number of hydrogen-bond acceptors (Lipinski definition) is 4. The lowest BCUT2D eigenvalue weighted by molar-refractivity contribution is -0.157. The Bertz CT molecular complexity index is 1490. The molecule has 2 amide bonds. The zero-order chi connectivity index (χ0) is 26.0. The van der Waals surface area contributed by atoms with E-state index in [9.17, 15) is 11.0 Å². The van der Waals surface area contributed by atoms with Crippen molar-refractivity contribution in [1.82, 2.24) is 14.8 Å². The number of carbonyl (C=O) groups is 2. The van der Waals surface area contributed by atoms with E-state index in [-0.39, 0.29) is 28.3 Å². The summed E-state index contributed by atoms with van der Waals surface area (Å²) in [5.74, 6) is -2.24. The number of para-hydroxylation sites is 1. The summed E-state index contributed by atoms with van der Waals surface area (Å²) in [5.41, 5.74) is 0.459. The highest BCUT2D eigenvalue weighted by Gasteiger charge is 2.47. The van der Waals surface area contributed by atoms with Crippen LogP contribution >= 0.6 is 0 Å². The fourth-order valence-corrected chi connectivity index (χ4v) is 3.96. The lowest BCUT2D eigenvalue weighted by atomic mass is 9.86. The first kappa shape index (κ1) is 10.9. The number of nitrogens with one attached hydrogen (secondary N) is 1. The zero-order valence-electron chi connectivity index (χ0n) is 22.1. The van der Waals surface area contributed by atoms with Crippen molar-refractivity contribution in [3.63, 3.8) is 0 Å². The number of rotatable bonds is 1. The third-order valence-corrected chi connectivity index (χ3v) is 5.29. The Morgan fingerprint density at radius 1 is 1.17 bits per heavy atom. The van der Waals surface area contributed by atoms with Crippen LogP contribution < -0.4 is 9.47 Å². The molecule has 7 heteroatoms. The van der Waals surface area contributed by atoms with Gasteiger partial charge in [0.2, 0.25) is 18.6 Å². The van der Waals surface area contributed by atoms with Gasteiger partial charge in [-0.25, -0.2) is 0 Å². The van der Waals surface area contributed by atoms with Crippen molar-refractivity contribution in [3.8, 4) is 11.5 Å². The van der Waals surface area contributed by atoms with E-state index in [2.05, 4.69) is 4.98 Å². The van der Waals surface area contributed by atoms with Gasteiger partial charge in [0.25, 0.3) is 0 Å². The zero-order valence-corrected chi connectivity index (χ0v) is 15.1.